The van der Waals surface area contributed by atoms with Crippen molar-refractivity contribution in [2.24, 2.45) is 5.73 Å². The predicted molar refractivity (Wildman–Crippen MR) is 86.4 cm³/mol. The van der Waals surface area contributed by atoms with Gasteiger partial charge in [-0.25, -0.2) is 4.98 Å². The first-order valence-electron chi connectivity index (χ1n) is 7.08. The Morgan fingerprint density at radius 2 is 2.24 bits per heavy atom. The Balaban J connectivity index is 2.00. The standard InChI is InChI=1S/C16H21N3OS/c1-4-14-9-19-16(21-14)11(3)18-8-13-6-5-12(15(17)20)7-10(13)2/h5-7,9,11,18H,4,8H2,1-3H3,(H2,17,20). The van der Waals surface area contributed by atoms with Crippen LogP contribution < -0.4 is 11.1 Å². The Hall–Kier alpha value is -1.72. The van der Waals surface area contributed by atoms with E-state index in [4.69, 9.17) is 5.73 Å². The first kappa shape index (κ1) is 15.7. The number of hydrogen-bond donors (Lipinski definition) is 2. The van der Waals surface area contributed by atoms with E-state index in [1.54, 1.807) is 17.4 Å². The molecule has 2 rings (SSSR count). The number of rotatable bonds is 6. The van der Waals surface area contributed by atoms with E-state index in [2.05, 4.69) is 24.1 Å². The van der Waals surface area contributed by atoms with Crippen molar-refractivity contribution in [3.8, 4) is 0 Å². The van der Waals surface area contributed by atoms with Crippen molar-refractivity contribution in [3.05, 3.63) is 51.0 Å². The maximum Gasteiger partial charge on any atom is 0.248 e. The number of hydrogen-bond acceptors (Lipinski definition) is 4. The van der Waals surface area contributed by atoms with Gasteiger partial charge in [-0.1, -0.05) is 13.0 Å². The van der Waals surface area contributed by atoms with Crippen molar-refractivity contribution >= 4 is 17.2 Å². The summed E-state index contributed by atoms with van der Waals surface area (Å²) >= 11 is 1.75. The summed E-state index contributed by atoms with van der Waals surface area (Å²) in [4.78, 5) is 16.9. The van der Waals surface area contributed by atoms with E-state index in [0.717, 1.165) is 23.5 Å². The number of benzene rings is 1. The second kappa shape index (κ2) is 6.83. The van der Waals surface area contributed by atoms with Gasteiger partial charge in [-0.2, -0.15) is 0 Å². The van der Waals surface area contributed by atoms with Crippen molar-refractivity contribution in [1.82, 2.24) is 10.3 Å². The van der Waals surface area contributed by atoms with Crippen LogP contribution in [0.2, 0.25) is 0 Å². The molecular formula is C16H21N3OS. The largest absolute Gasteiger partial charge is 0.366 e. The highest BCUT2D eigenvalue weighted by molar-refractivity contribution is 7.11. The second-order valence-corrected chi connectivity index (χ2v) is 6.27. The second-order valence-electron chi connectivity index (χ2n) is 5.13. The summed E-state index contributed by atoms with van der Waals surface area (Å²) in [5, 5.41) is 4.58. The molecule has 0 spiro atoms. The number of nitrogens with two attached hydrogens (primary N) is 1. The molecule has 0 saturated carbocycles. The van der Waals surface area contributed by atoms with Crippen LogP contribution in [-0.2, 0) is 13.0 Å². The average molecular weight is 303 g/mol. The highest BCUT2D eigenvalue weighted by Gasteiger charge is 2.10. The van der Waals surface area contributed by atoms with E-state index >= 15 is 0 Å². The van der Waals surface area contributed by atoms with Gasteiger partial charge in [0, 0.05) is 23.2 Å². The summed E-state index contributed by atoms with van der Waals surface area (Å²) in [5.41, 5.74) is 8.07. The summed E-state index contributed by atoms with van der Waals surface area (Å²) in [6, 6.07) is 5.78. The lowest BCUT2D eigenvalue weighted by molar-refractivity contribution is 0.1000. The quantitative estimate of drug-likeness (QED) is 0.862. The molecule has 4 nitrogen and oxygen atoms in total. The third kappa shape index (κ3) is 3.89. The molecule has 0 aliphatic carbocycles. The Morgan fingerprint density at radius 3 is 2.81 bits per heavy atom. The number of aryl methyl sites for hydroxylation is 2. The van der Waals surface area contributed by atoms with Gasteiger partial charge in [0.25, 0.3) is 0 Å². The molecular weight excluding hydrogens is 282 g/mol. The van der Waals surface area contributed by atoms with E-state index in [1.165, 1.54) is 10.4 Å². The summed E-state index contributed by atoms with van der Waals surface area (Å²) in [5.74, 6) is -0.388. The molecule has 0 aliphatic heterocycles. The monoisotopic (exact) mass is 303 g/mol. The zero-order chi connectivity index (χ0) is 15.4. The molecule has 1 atom stereocenters. The van der Waals surface area contributed by atoms with Crippen molar-refractivity contribution in [2.45, 2.75) is 39.8 Å². The Bertz CT molecular complexity index is 636. The number of primary amides is 1. The molecule has 0 fully saturated rings. The van der Waals surface area contributed by atoms with Crippen molar-refractivity contribution < 1.29 is 4.79 Å². The topological polar surface area (TPSA) is 68.0 Å². The predicted octanol–water partition coefficient (Wildman–Crippen LogP) is 2.96. The van der Waals surface area contributed by atoms with Crippen LogP contribution in [0.3, 0.4) is 0 Å². The minimum Gasteiger partial charge on any atom is -0.366 e. The van der Waals surface area contributed by atoms with E-state index in [1.807, 2.05) is 25.3 Å². The number of amides is 1. The first-order chi connectivity index (χ1) is 10.0. The molecule has 1 amide bonds. The molecule has 1 aromatic heterocycles. The van der Waals surface area contributed by atoms with Gasteiger partial charge in [0.05, 0.1) is 6.04 Å². The molecule has 0 saturated heterocycles. The molecule has 5 heteroatoms. The van der Waals surface area contributed by atoms with Gasteiger partial charge in [-0.3, -0.25) is 4.79 Å². The lowest BCUT2D eigenvalue weighted by atomic mass is 10.0. The van der Waals surface area contributed by atoms with Crippen molar-refractivity contribution in [2.75, 3.05) is 0 Å². The zero-order valence-electron chi connectivity index (χ0n) is 12.6. The third-order valence-electron chi connectivity index (χ3n) is 3.52. The molecule has 0 aliphatic rings. The molecule has 112 valence electrons. The van der Waals surface area contributed by atoms with Gasteiger partial charge in [0.2, 0.25) is 5.91 Å². The fraction of sp³-hybridized carbons (Fsp3) is 0.375. The number of aromatic nitrogens is 1. The summed E-state index contributed by atoms with van der Waals surface area (Å²) in [6.07, 6.45) is 2.98. The van der Waals surface area contributed by atoms with Gasteiger partial charge in [0.1, 0.15) is 5.01 Å². The molecule has 1 heterocycles. The smallest absolute Gasteiger partial charge is 0.248 e. The summed E-state index contributed by atoms with van der Waals surface area (Å²) < 4.78 is 0. The Labute approximate surface area is 129 Å². The van der Waals surface area contributed by atoms with Gasteiger partial charge in [-0.05, 0) is 43.5 Å². The van der Waals surface area contributed by atoms with Crippen LogP contribution in [0.4, 0.5) is 0 Å². The number of carbonyl (C=O) groups is 1. The molecule has 3 N–H and O–H groups in total. The van der Waals surface area contributed by atoms with Gasteiger partial charge in [0.15, 0.2) is 0 Å². The number of nitrogens with zero attached hydrogens (tertiary/aromatic N) is 1. The number of nitrogens with one attached hydrogen (secondary N) is 1. The zero-order valence-corrected chi connectivity index (χ0v) is 13.5. The molecule has 21 heavy (non-hydrogen) atoms. The summed E-state index contributed by atoms with van der Waals surface area (Å²) in [6.45, 7) is 6.99. The van der Waals surface area contributed by atoms with E-state index < -0.39 is 0 Å². The van der Waals surface area contributed by atoms with Crippen LogP contribution in [0.1, 0.15) is 51.3 Å². The van der Waals surface area contributed by atoms with Gasteiger partial charge < -0.3 is 11.1 Å². The van der Waals surface area contributed by atoms with Crippen LogP contribution in [0.5, 0.6) is 0 Å². The van der Waals surface area contributed by atoms with Crippen LogP contribution >= 0.6 is 11.3 Å². The number of carbonyl (C=O) groups excluding carboxylic acids is 1. The molecule has 1 unspecified atom stereocenters. The fourth-order valence-electron chi connectivity index (χ4n) is 2.08. The number of thiazole rings is 1. The maximum absolute atomic E-state index is 11.1. The van der Waals surface area contributed by atoms with Gasteiger partial charge in [-0.15, -0.1) is 11.3 Å². The normalized spacial score (nSPS) is 12.3. The molecule has 0 radical (unpaired) electrons. The average Bonchev–Trinajstić information content (AvgIpc) is 2.94. The third-order valence-corrected chi connectivity index (χ3v) is 4.84. The Morgan fingerprint density at radius 1 is 1.48 bits per heavy atom. The minimum absolute atomic E-state index is 0.213. The first-order valence-corrected chi connectivity index (χ1v) is 7.90. The fourth-order valence-corrected chi connectivity index (χ4v) is 2.97. The SMILES string of the molecule is CCc1cnc(C(C)NCc2ccc(C(N)=O)cc2C)s1. The van der Waals surface area contributed by atoms with E-state index in [-0.39, 0.29) is 11.9 Å². The van der Waals surface area contributed by atoms with Gasteiger partial charge >= 0.3 is 0 Å². The van der Waals surface area contributed by atoms with Crippen LogP contribution in [0.15, 0.2) is 24.4 Å². The van der Waals surface area contributed by atoms with Crippen molar-refractivity contribution in [1.29, 1.82) is 0 Å². The van der Waals surface area contributed by atoms with Crippen LogP contribution in [0, 0.1) is 6.92 Å². The molecule has 1 aromatic carbocycles. The van der Waals surface area contributed by atoms with Crippen LogP contribution in [0.25, 0.3) is 0 Å². The van der Waals surface area contributed by atoms with E-state index in [0.29, 0.717) is 5.56 Å². The lowest BCUT2D eigenvalue weighted by Gasteiger charge is -2.13. The maximum atomic E-state index is 11.1. The van der Waals surface area contributed by atoms with Crippen LogP contribution in [-0.4, -0.2) is 10.9 Å². The lowest BCUT2D eigenvalue weighted by Crippen LogP contribution is -2.19. The highest BCUT2D eigenvalue weighted by Crippen LogP contribution is 2.21. The van der Waals surface area contributed by atoms with Crippen molar-refractivity contribution in [3.63, 3.8) is 0 Å². The molecule has 2 aromatic rings. The highest BCUT2D eigenvalue weighted by atomic mass is 32.1. The van der Waals surface area contributed by atoms with E-state index in [9.17, 15) is 4.79 Å². The summed E-state index contributed by atoms with van der Waals surface area (Å²) in [7, 11) is 0. The minimum atomic E-state index is -0.388. The Kier molecular flexibility index (Phi) is 5.09. The molecule has 0 bridgehead atoms.